The second-order valence-electron chi connectivity index (χ2n) is 8.28. The van der Waals surface area contributed by atoms with Gasteiger partial charge in [0, 0.05) is 0 Å². The molecule has 0 aliphatic rings. The average Bonchev–Trinajstić information content (AvgIpc) is 2.63. The fourth-order valence-corrected chi connectivity index (χ4v) is 3.78. The van der Waals surface area contributed by atoms with E-state index in [9.17, 15) is 19.5 Å². The van der Waals surface area contributed by atoms with Crippen LogP contribution in [-0.2, 0) is 14.4 Å². The molecule has 0 amide bonds. The van der Waals surface area contributed by atoms with Gasteiger partial charge in [0.15, 0.2) is 13.1 Å². The molecule has 0 spiro atoms. The maximum absolute atomic E-state index is 11.1. The van der Waals surface area contributed by atoms with E-state index in [2.05, 4.69) is 19.1 Å². The zero-order valence-electron chi connectivity index (χ0n) is 18.7. The highest BCUT2D eigenvalue weighted by atomic mass is 16.4. The average molecular weight is 428 g/mol. The number of carboxylic acid groups (broad SMARTS) is 3. The Balaban J connectivity index is 3.92. The Morgan fingerprint density at radius 1 is 0.700 bits per heavy atom. The lowest BCUT2D eigenvalue weighted by Gasteiger charge is -2.36. The SMILES string of the molecule is CCC/C=C/CCCCCCCCCCCC[N+](CC(=O)[O-])(CC(=O)O)CC(=O)O. The third-order valence-electron chi connectivity index (χ3n) is 5.28. The molecule has 0 aromatic rings. The van der Waals surface area contributed by atoms with Gasteiger partial charge in [0.05, 0.1) is 12.5 Å². The highest BCUT2D eigenvalue weighted by Crippen LogP contribution is 2.14. The minimum absolute atomic E-state index is 0.222. The summed E-state index contributed by atoms with van der Waals surface area (Å²) in [6.07, 6.45) is 19.1. The van der Waals surface area contributed by atoms with Gasteiger partial charge >= 0.3 is 11.9 Å². The lowest BCUT2D eigenvalue weighted by Crippen LogP contribution is -2.59. The fourth-order valence-electron chi connectivity index (χ4n) is 3.78. The van der Waals surface area contributed by atoms with E-state index in [1.54, 1.807) is 0 Å². The van der Waals surface area contributed by atoms with E-state index in [4.69, 9.17) is 10.2 Å². The molecule has 0 radical (unpaired) electrons. The van der Waals surface area contributed by atoms with E-state index in [0.29, 0.717) is 6.42 Å². The first kappa shape index (κ1) is 28.1. The van der Waals surface area contributed by atoms with Crippen LogP contribution in [0.3, 0.4) is 0 Å². The number of hydrogen-bond acceptors (Lipinski definition) is 4. The van der Waals surface area contributed by atoms with Gasteiger partial charge in [-0.3, -0.25) is 0 Å². The summed E-state index contributed by atoms with van der Waals surface area (Å²) < 4.78 is -0.499. The first-order valence-electron chi connectivity index (χ1n) is 11.4. The van der Waals surface area contributed by atoms with Crippen LogP contribution in [0.4, 0.5) is 0 Å². The van der Waals surface area contributed by atoms with Crippen LogP contribution in [0.2, 0.25) is 0 Å². The maximum Gasteiger partial charge on any atom is 0.359 e. The molecule has 0 aromatic carbocycles. The number of carbonyl (C=O) groups is 3. The first-order valence-corrected chi connectivity index (χ1v) is 11.4. The quantitative estimate of drug-likeness (QED) is 0.165. The smallest absolute Gasteiger partial charge is 0.359 e. The first-order chi connectivity index (χ1) is 14.3. The van der Waals surface area contributed by atoms with Crippen LogP contribution < -0.4 is 5.11 Å². The van der Waals surface area contributed by atoms with Crippen molar-refractivity contribution >= 4 is 17.9 Å². The van der Waals surface area contributed by atoms with Crippen LogP contribution >= 0.6 is 0 Å². The Bertz CT molecular complexity index is 477. The van der Waals surface area contributed by atoms with Gasteiger partial charge in [-0.05, 0) is 32.1 Å². The normalized spacial score (nSPS) is 11.8. The van der Waals surface area contributed by atoms with E-state index in [0.717, 1.165) is 19.3 Å². The molecule has 0 atom stereocenters. The second kappa shape index (κ2) is 17.9. The van der Waals surface area contributed by atoms with Crippen LogP contribution in [0, 0.1) is 0 Å². The number of carboxylic acids is 3. The lowest BCUT2D eigenvalue weighted by atomic mass is 10.1. The Hall–Kier alpha value is -1.89. The zero-order chi connectivity index (χ0) is 22.7. The minimum atomic E-state index is -1.42. The molecule has 30 heavy (non-hydrogen) atoms. The zero-order valence-corrected chi connectivity index (χ0v) is 18.7. The summed E-state index contributed by atoms with van der Waals surface area (Å²) in [5.41, 5.74) is 0. The topological polar surface area (TPSA) is 115 Å². The third-order valence-corrected chi connectivity index (χ3v) is 5.28. The van der Waals surface area contributed by atoms with Crippen LogP contribution in [0.1, 0.15) is 90.4 Å². The van der Waals surface area contributed by atoms with Crippen LogP contribution in [-0.4, -0.2) is 58.8 Å². The van der Waals surface area contributed by atoms with Gasteiger partial charge in [0.25, 0.3) is 0 Å². The minimum Gasteiger partial charge on any atom is -0.544 e. The number of hydrogen-bond donors (Lipinski definition) is 2. The molecule has 0 saturated carbocycles. The van der Waals surface area contributed by atoms with E-state index in [1.807, 2.05) is 0 Å². The molecule has 7 heteroatoms. The molecule has 0 bridgehead atoms. The highest BCUT2D eigenvalue weighted by molar-refractivity contribution is 5.72. The highest BCUT2D eigenvalue weighted by Gasteiger charge is 2.33. The van der Waals surface area contributed by atoms with Gasteiger partial charge in [-0.25, -0.2) is 9.59 Å². The monoisotopic (exact) mass is 427 g/mol. The number of unbranched alkanes of at least 4 members (excludes halogenated alkanes) is 11. The summed E-state index contributed by atoms with van der Waals surface area (Å²) in [4.78, 5) is 33.2. The Morgan fingerprint density at radius 3 is 1.57 bits per heavy atom. The molecular formula is C23H41NO6. The standard InChI is InChI=1S/C23H41NO6/c1-2-3-4-5-6-7-8-9-10-11-12-13-14-15-16-17-24(18-21(25)26,19-22(27)28)20-23(29)30/h4-5H,2-3,6-20H2,1H3,(H2-,25,26,27,28,29,30)/b5-4+. The number of allylic oxidation sites excluding steroid dienone is 2. The molecule has 0 aliphatic carbocycles. The molecule has 0 saturated heterocycles. The third kappa shape index (κ3) is 17.0. The van der Waals surface area contributed by atoms with Crippen molar-refractivity contribution in [3.63, 3.8) is 0 Å². The second-order valence-corrected chi connectivity index (χ2v) is 8.28. The molecule has 0 rings (SSSR count). The molecule has 0 aliphatic heterocycles. The van der Waals surface area contributed by atoms with Crippen molar-refractivity contribution < 1.29 is 34.2 Å². The lowest BCUT2D eigenvalue weighted by molar-refractivity contribution is -0.909. The number of quaternary nitrogens is 1. The Kier molecular flexibility index (Phi) is 16.8. The predicted molar refractivity (Wildman–Crippen MR) is 115 cm³/mol. The van der Waals surface area contributed by atoms with Crippen molar-refractivity contribution in [1.29, 1.82) is 0 Å². The van der Waals surface area contributed by atoms with Crippen molar-refractivity contribution in [2.24, 2.45) is 0 Å². The molecular weight excluding hydrogens is 386 g/mol. The van der Waals surface area contributed by atoms with Gasteiger partial charge < -0.3 is 24.6 Å². The molecule has 0 heterocycles. The van der Waals surface area contributed by atoms with Crippen molar-refractivity contribution in [2.75, 3.05) is 26.2 Å². The van der Waals surface area contributed by atoms with E-state index in [-0.39, 0.29) is 6.54 Å². The summed E-state index contributed by atoms with van der Waals surface area (Å²) >= 11 is 0. The molecule has 2 N–H and O–H groups in total. The van der Waals surface area contributed by atoms with Gasteiger partial charge in [-0.15, -0.1) is 0 Å². The van der Waals surface area contributed by atoms with Crippen molar-refractivity contribution in [1.82, 2.24) is 0 Å². The summed E-state index contributed by atoms with van der Waals surface area (Å²) in [5, 5.41) is 29.2. The van der Waals surface area contributed by atoms with Crippen molar-refractivity contribution in [3.8, 4) is 0 Å². The largest absolute Gasteiger partial charge is 0.544 e. The van der Waals surface area contributed by atoms with Gasteiger partial charge in [0.1, 0.15) is 6.54 Å². The van der Waals surface area contributed by atoms with Gasteiger partial charge in [0.2, 0.25) is 0 Å². The molecule has 0 fully saturated rings. The molecule has 7 nitrogen and oxygen atoms in total. The van der Waals surface area contributed by atoms with Crippen LogP contribution in [0.5, 0.6) is 0 Å². The van der Waals surface area contributed by atoms with E-state index in [1.165, 1.54) is 57.8 Å². The summed E-state index contributed by atoms with van der Waals surface area (Å²) in [6, 6.07) is 0. The summed E-state index contributed by atoms with van der Waals surface area (Å²) in [7, 11) is 0. The fraction of sp³-hybridized carbons (Fsp3) is 0.783. The maximum atomic E-state index is 11.1. The molecule has 0 unspecified atom stereocenters. The van der Waals surface area contributed by atoms with E-state index >= 15 is 0 Å². The predicted octanol–water partition coefficient (Wildman–Crippen LogP) is 3.37. The number of rotatable bonds is 21. The van der Waals surface area contributed by atoms with Gasteiger partial charge in [-0.1, -0.05) is 70.4 Å². The summed E-state index contributed by atoms with van der Waals surface area (Å²) in [6.45, 7) is 0.780. The summed E-state index contributed by atoms with van der Waals surface area (Å²) in [5.74, 6) is -3.82. The molecule has 0 aromatic heterocycles. The van der Waals surface area contributed by atoms with Crippen LogP contribution in [0.25, 0.3) is 0 Å². The van der Waals surface area contributed by atoms with E-state index < -0.39 is 42.0 Å². The van der Waals surface area contributed by atoms with Crippen molar-refractivity contribution in [2.45, 2.75) is 90.4 Å². The molecule has 174 valence electrons. The van der Waals surface area contributed by atoms with Gasteiger partial charge in [-0.2, -0.15) is 0 Å². The number of carbonyl (C=O) groups excluding carboxylic acids is 1. The van der Waals surface area contributed by atoms with Crippen molar-refractivity contribution in [3.05, 3.63) is 12.2 Å². The Morgan fingerprint density at radius 2 is 1.13 bits per heavy atom. The number of aliphatic carboxylic acids is 3. The van der Waals surface area contributed by atoms with Crippen LogP contribution in [0.15, 0.2) is 12.2 Å². The Labute approximate surface area is 181 Å². The number of nitrogens with zero attached hydrogens (tertiary/aromatic N) is 1.